The molecule has 6 nitrogen and oxygen atoms in total. The molecule has 0 heterocycles. The summed E-state index contributed by atoms with van der Waals surface area (Å²) >= 11 is 7.50. The lowest BCUT2D eigenvalue weighted by atomic mass is 10.2. The van der Waals surface area contributed by atoms with Gasteiger partial charge in [-0.25, -0.2) is 4.79 Å². The molecule has 3 rings (SSSR count). The zero-order valence-electron chi connectivity index (χ0n) is 17.2. The fourth-order valence-corrected chi connectivity index (χ4v) is 3.85. The molecule has 0 radical (unpaired) electrons. The normalized spacial score (nSPS) is 11.3. The second-order valence-corrected chi connectivity index (χ2v) is 8.26. The Bertz CT molecular complexity index is 1110. The molecule has 2 amide bonds. The number of anilines is 1. The molecule has 0 aliphatic carbocycles. The van der Waals surface area contributed by atoms with Crippen LogP contribution in [0.5, 0.6) is 0 Å². The number of halogens is 1. The van der Waals surface area contributed by atoms with Gasteiger partial charge in [0.05, 0.1) is 16.3 Å². The zero-order valence-corrected chi connectivity index (χ0v) is 18.8. The first-order valence-corrected chi connectivity index (χ1v) is 11.0. The number of rotatable bonds is 8. The molecule has 0 saturated heterocycles. The van der Waals surface area contributed by atoms with Gasteiger partial charge in [-0.05, 0) is 43.3 Å². The van der Waals surface area contributed by atoms with E-state index in [2.05, 4.69) is 10.6 Å². The van der Waals surface area contributed by atoms with Crippen molar-refractivity contribution in [3.05, 3.63) is 89.4 Å². The number of nitrogens with one attached hydrogen (secondary N) is 2. The lowest BCUT2D eigenvalue weighted by Crippen LogP contribution is -2.40. The number of hydrogen-bond donors (Lipinski definition) is 2. The van der Waals surface area contributed by atoms with E-state index in [4.69, 9.17) is 16.3 Å². The van der Waals surface area contributed by atoms with Crippen LogP contribution in [0.25, 0.3) is 0 Å². The molecule has 3 aromatic carbocycles. The second kappa shape index (κ2) is 11.4. The van der Waals surface area contributed by atoms with Crippen LogP contribution in [0.3, 0.4) is 0 Å². The lowest BCUT2D eigenvalue weighted by molar-refractivity contribution is -0.148. The van der Waals surface area contributed by atoms with Gasteiger partial charge in [0.2, 0.25) is 0 Å². The van der Waals surface area contributed by atoms with Crippen LogP contribution in [-0.4, -0.2) is 30.4 Å². The van der Waals surface area contributed by atoms with Gasteiger partial charge < -0.3 is 15.4 Å². The van der Waals surface area contributed by atoms with E-state index in [1.807, 2.05) is 48.5 Å². The molecule has 0 aromatic heterocycles. The van der Waals surface area contributed by atoms with E-state index in [0.29, 0.717) is 5.69 Å². The summed E-state index contributed by atoms with van der Waals surface area (Å²) in [6.07, 6.45) is 0. The molecular weight excluding hydrogens is 448 g/mol. The highest BCUT2D eigenvalue weighted by atomic mass is 35.5. The first kappa shape index (κ1) is 23.4. The number of ether oxygens (including phenoxy) is 1. The van der Waals surface area contributed by atoms with Crippen LogP contribution in [0.2, 0.25) is 5.02 Å². The third-order valence-electron chi connectivity index (χ3n) is 4.30. The SMILES string of the molecule is CC(NC(=O)c1ccccc1Cl)C(=O)OCC(=O)Nc1ccccc1Sc1ccccc1. The van der Waals surface area contributed by atoms with E-state index in [1.54, 1.807) is 30.3 Å². The summed E-state index contributed by atoms with van der Waals surface area (Å²) < 4.78 is 5.06. The molecule has 1 unspecified atom stereocenters. The minimum Gasteiger partial charge on any atom is -0.454 e. The Morgan fingerprint density at radius 3 is 2.34 bits per heavy atom. The molecule has 0 aliphatic heterocycles. The summed E-state index contributed by atoms with van der Waals surface area (Å²) in [5.41, 5.74) is 0.863. The number of esters is 1. The molecule has 0 fully saturated rings. The second-order valence-electron chi connectivity index (χ2n) is 6.74. The Labute approximate surface area is 195 Å². The third-order valence-corrected chi connectivity index (χ3v) is 5.71. The standard InChI is InChI=1S/C24H21ClN2O4S/c1-16(26-23(29)18-11-5-6-12-19(18)25)24(30)31-15-22(28)27-20-13-7-8-14-21(20)32-17-9-3-2-4-10-17/h2-14,16H,15H2,1H3,(H,26,29)(H,27,28). The van der Waals surface area contributed by atoms with Gasteiger partial charge in [-0.15, -0.1) is 0 Å². The van der Waals surface area contributed by atoms with Gasteiger partial charge >= 0.3 is 5.97 Å². The molecule has 0 spiro atoms. The Kier molecular flexibility index (Phi) is 8.30. The van der Waals surface area contributed by atoms with E-state index < -0.39 is 30.4 Å². The van der Waals surface area contributed by atoms with Gasteiger partial charge in [0.15, 0.2) is 6.61 Å². The van der Waals surface area contributed by atoms with E-state index >= 15 is 0 Å². The fourth-order valence-electron chi connectivity index (χ4n) is 2.70. The zero-order chi connectivity index (χ0) is 22.9. The van der Waals surface area contributed by atoms with Gasteiger partial charge in [0.25, 0.3) is 11.8 Å². The van der Waals surface area contributed by atoms with E-state index in [0.717, 1.165) is 9.79 Å². The molecule has 0 aliphatic rings. The van der Waals surface area contributed by atoms with Crippen LogP contribution in [0.4, 0.5) is 5.69 Å². The van der Waals surface area contributed by atoms with Crippen LogP contribution in [0.1, 0.15) is 17.3 Å². The number of benzene rings is 3. The summed E-state index contributed by atoms with van der Waals surface area (Å²) in [6, 6.07) is 22.7. The lowest BCUT2D eigenvalue weighted by Gasteiger charge is -2.14. The molecule has 0 bridgehead atoms. The molecule has 164 valence electrons. The van der Waals surface area contributed by atoms with Crippen LogP contribution in [0.15, 0.2) is 88.7 Å². The smallest absolute Gasteiger partial charge is 0.328 e. The van der Waals surface area contributed by atoms with Gasteiger partial charge in [-0.2, -0.15) is 0 Å². The fraction of sp³-hybridized carbons (Fsp3) is 0.125. The Morgan fingerprint density at radius 1 is 0.938 bits per heavy atom. The topological polar surface area (TPSA) is 84.5 Å². The summed E-state index contributed by atoms with van der Waals surface area (Å²) in [4.78, 5) is 38.7. The minimum atomic E-state index is -0.951. The summed E-state index contributed by atoms with van der Waals surface area (Å²) in [5, 5.41) is 5.55. The van der Waals surface area contributed by atoms with Crippen molar-refractivity contribution in [3.8, 4) is 0 Å². The molecular formula is C24H21ClN2O4S. The third kappa shape index (κ3) is 6.60. The minimum absolute atomic E-state index is 0.249. The Hall–Kier alpha value is -3.29. The van der Waals surface area contributed by atoms with Crippen molar-refractivity contribution in [1.29, 1.82) is 0 Å². The van der Waals surface area contributed by atoms with Crippen molar-refractivity contribution in [1.82, 2.24) is 5.32 Å². The van der Waals surface area contributed by atoms with Crippen molar-refractivity contribution in [2.45, 2.75) is 22.8 Å². The predicted molar refractivity (Wildman–Crippen MR) is 125 cm³/mol. The van der Waals surface area contributed by atoms with Crippen molar-refractivity contribution >= 4 is 46.8 Å². The number of para-hydroxylation sites is 1. The van der Waals surface area contributed by atoms with Crippen LogP contribution in [0, 0.1) is 0 Å². The average molecular weight is 469 g/mol. The largest absolute Gasteiger partial charge is 0.454 e. The number of hydrogen-bond acceptors (Lipinski definition) is 5. The molecule has 8 heteroatoms. The van der Waals surface area contributed by atoms with Crippen LogP contribution < -0.4 is 10.6 Å². The van der Waals surface area contributed by atoms with Gasteiger partial charge in [-0.1, -0.05) is 65.8 Å². The maximum absolute atomic E-state index is 12.3. The van der Waals surface area contributed by atoms with Crippen molar-refractivity contribution < 1.29 is 19.1 Å². The molecule has 3 aromatic rings. The van der Waals surface area contributed by atoms with Crippen LogP contribution >= 0.6 is 23.4 Å². The highest BCUT2D eigenvalue weighted by Gasteiger charge is 2.20. The average Bonchev–Trinajstić information content (AvgIpc) is 2.79. The first-order valence-electron chi connectivity index (χ1n) is 9.78. The van der Waals surface area contributed by atoms with E-state index in [-0.39, 0.29) is 10.6 Å². The quantitative estimate of drug-likeness (QED) is 0.464. The molecule has 2 N–H and O–H groups in total. The van der Waals surface area contributed by atoms with Gasteiger partial charge in [0.1, 0.15) is 6.04 Å². The molecule has 0 saturated carbocycles. The number of amides is 2. The van der Waals surface area contributed by atoms with Crippen molar-refractivity contribution in [2.24, 2.45) is 0 Å². The van der Waals surface area contributed by atoms with Gasteiger partial charge in [0, 0.05) is 9.79 Å². The highest BCUT2D eigenvalue weighted by Crippen LogP contribution is 2.33. The van der Waals surface area contributed by atoms with Crippen molar-refractivity contribution in [2.75, 3.05) is 11.9 Å². The van der Waals surface area contributed by atoms with Crippen molar-refractivity contribution in [3.63, 3.8) is 0 Å². The molecule has 1 atom stereocenters. The highest BCUT2D eigenvalue weighted by molar-refractivity contribution is 7.99. The predicted octanol–water partition coefficient (Wildman–Crippen LogP) is 4.79. The maximum Gasteiger partial charge on any atom is 0.328 e. The molecule has 32 heavy (non-hydrogen) atoms. The van der Waals surface area contributed by atoms with Gasteiger partial charge in [-0.3, -0.25) is 9.59 Å². The monoisotopic (exact) mass is 468 g/mol. The first-order chi connectivity index (χ1) is 15.4. The van der Waals surface area contributed by atoms with Crippen LogP contribution in [-0.2, 0) is 14.3 Å². The summed E-state index contributed by atoms with van der Waals surface area (Å²) in [5.74, 6) is -1.71. The maximum atomic E-state index is 12.3. The Morgan fingerprint density at radius 2 is 1.59 bits per heavy atom. The Balaban J connectivity index is 1.52. The van der Waals surface area contributed by atoms with E-state index in [9.17, 15) is 14.4 Å². The number of carbonyl (C=O) groups excluding carboxylic acids is 3. The summed E-state index contributed by atoms with van der Waals surface area (Å²) in [7, 11) is 0. The summed E-state index contributed by atoms with van der Waals surface area (Å²) in [6.45, 7) is 0.996. The number of carbonyl (C=O) groups is 3. The van der Waals surface area contributed by atoms with E-state index in [1.165, 1.54) is 18.7 Å².